The number of rotatable bonds is 6. The molecular weight excluding hydrogens is 248 g/mol. The van der Waals surface area contributed by atoms with Crippen LogP contribution in [0.25, 0.3) is 0 Å². The van der Waals surface area contributed by atoms with Crippen molar-refractivity contribution < 1.29 is 19.4 Å². The van der Waals surface area contributed by atoms with Gasteiger partial charge in [-0.3, -0.25) is 9.59 Å². The Morgan fingerprint density at radius 2 is 2.32 bits per heavy atom. The highest BCUT2D eigenvalue weighted by molar-refractivity contribution is 5.89. The van der Waals surface area contributed by atoms with Crippen LogP contribution >= 0.6 is 0 Å². The molecule has 1 saturated carbocycles. The third kappa shape index (κ3) is 3.45. The second kappa shape index (κ2) is 5.88. The van der Waals surface area contributed by atoms with Crippen LogP contribution in [-0.4, -0.2) is 60.8 Å². The van der Waals surface area contributed by atoms with Crippen molar-refractivity contribution in [1.82, 2.24) is 10.2 Å². The lowest BCUT2D eigenvalue weighted by Crippen LogP contribution is -2.49. The van der Waals surface area contributed by atoms with Gasteiger partial charge in [-0.15, -0.1) is 0 Å². The third-order valence-corrected chi connectivity index (χ3v) is 4.03. The molecule has 6 heteroatoms. The molecule has 1 atom stereocenters. The molecule has 108 valence electrons. The molecule has 2 fully saturated rings. The number of hydrogen-bond acceptors (Lipinski definition) is 4. The highest BCUT2D eigenvalue weighted by atomic mass is 16.5. The van der Waals surface area contributed by atoms with Gasteiger partial charge in [0.1, 0.15) is 0 Å². The van der Waals surface area contributed by atoms with Gasteiger partial charge in [0.2, 0.25) is 11.8 Å². The second-order valence-electron chi connectivity index (χ2n) is 5.53. The van der Waals surface area contributed by atoms with Gasteiger partial charge >= 0.3 is 0 Å². The van der Waals surface area contributed by atoms with Crippen molar-refractivity contribution in [3.8, 4) is 0 Å². The van der Waals surface area contributed by atoms with Gasteiger partial charge in [-0.1, -0.05) is 0 Å². The number of methoxy groups -OCH3 is 1. The van der Waals surface area contributed by atoms with Crippen molar-refractivity contribution in [2.24, 2.45) is 5.92 Å². The molecule has 0 radical (unpaired) electrons. The molecule has 2 rings (SSSR count). The fraction of sp³-hybridized carbons (Fsp3) is 0.846. The number of ether oxygens (including phenoxy) is 1. The summed E-state index contributed by atoms with van der Waals surface area (Å²) in [7, 11) is 1.59. The van der Waals surface area contributed by atoms with Crippen LogP contribution in [-0.2, 0) is 14.3 Å². The summed E-state index contributed by atoms with van der Waals surface area (Å²) >= 11 is 0. The Kier molecular flexibility index (Phi) is 4.42. The molecule has 2 N–H and O–H groups in total. The SMILES string of the molecule is COCCN1CC(C(=O)NCC2(O)CCC2)CC1=O. The summed E-state index contributed by atoms with van der Waals surface area (Å²) < 4.78 is 4.93. The van der Waals surface area contributed by atoms with Crippen LogP contribution in [0.4, 0.5) is 0 Å². The van der Waals surface area contributed by atoms with E-state index in [1.165, 1.54) is 0 Å². The molecule has 1 aliphatic heterocycles. The fourth-order valence-corrected chi connectivity index (χ4v) is 2.52. The van der Waals surface area contributed by atoms with E-state index in [4.69, 9.17) is 4.74 Å². The average molecular weight is 270 g/mol. The van der Waals surface area contributed by atoms with Crippen LogP contribution in [0.2, 0.25) is 0 Å². The Morgan fingerprint density at radius 1 is 1.58 bits per heavy atom. The first kappa shape index (κ1) is 14.3. The Bertz CT molecular complexity index is 355. The molecule has 19 heavy (non-hydrogen) atoms. The zero-order valence-electron chi connectivity index (χ0n) is 11.4. The van der Waals surface area contributed by atoms with E-state index >= 15 is 0 Å². The van der Waals surface area contributed by atoms with E-state index in [1.54, 1.807) is 12.0 Å². The van der Waals surface area contributed by atoms with Crippen LogP contribution < -0.4 is 5.32 Å². The van der Waals surface area contributed by atoms with Crippen molar-refractivity contribution in [3.63, 3.8) is 0 Å². The number of nitrogens with one attached hydrogen (secondary N) is 1. The van der Waals surface area contributed by atoms with Gasteiger partial charge in [0, 0.05) is 33.2 Å². The smallest absolute Gasteiger partial charge is 0.225 e. The molecule has 1 aliphatic carbocycles. The van der Waals surface area contributed by atoms with E-state index in [0.717, 1.165) is 19.3 Å². The maximum Gasteiger partial charge on any atom is 0.225 e. The highest BCUT2D eigenvalue weighted by Gasteiger charge is 2.37. The maximum absolute atomic E-state index is 12.0. The van der Waals surface area contributed by atoms with Crippen LogP contribution in [0.5, 0.6) is 0 Å². The van der Waals surface area contributed by atoms with Crippen molar-refractivity contribution in [2.75, 3.05) is 33.4 Å². The molecule has 0 aromatic carbocycles. The summed E-state index contributed by atoms with van der Waals surface area (Å²) in [6, 6.07) is 0. The first-order valence-electron chi connectivity index (χ1n) is 6.81. The molecular formula is C13H22N2O4. The Labute approximate surface area is 113 Å². The standard InChI is InChI=1S/C13H22N2O4/c1-19-6-5-15-8-10(7-11(15)16)12(17)14-9-13(18)3-2-4-13/h10,18H,2-9H2,1H3,(H,14,17). The number of aliphatic hydroxyl groups is 1. The van der Waals surface area contributed by atoms with E-state index in [9.17, 15) is 14.7 Å². The second-order valence-corrected chi connectivity index (χ2v) is 5.53. The van der Waals surface area contributed by atoms with Gasteiger partial charge in [-0.25, -0.2) is 0 Å². The normalized spacial score (nSPS) is 25.3. The van der Waals surface area contributed by atoms with Gasteiger partial charge in [0.25, 0.3) is 0 Å². The van der Waals surface area contributed by atoms with Crippen molar-refractivity contribution in [1.29, 1.82) is 0 Å². The molecule has 0 aromatic rings. The lowest BCUT2D eigenvalue weighted by Gasteiger charge is -2.36. The number of amides is 2. The minimum atomic E-state index is -0.714. The first-order chi connectivity index (χ1) is 9.04. The lowest BCUT2D eigenvalue weighted by molar-refractivity contribution is -0.129. The number of carbonyl (C=O) groups excluding carboxylic acids is 2. The zero-order valence-corrected chi connectivity index (χ0v) is 11.4. The summed E-state index contributed by atoms with van der Waals surface area (Å²) in [6.07, 6.45) is 2.76. The highest BCUT2D eigenvalue weighted by Crippen LogP contribution is 2.30. The summed E-state index contributed by atoms with van der Waals surface area (Å²) in [5, 5.41) is 12.7. The largest absolute Gasteiger partial charge is 0.388 e. The van der Waals surface area contributed by atoms with Crippen molar-refractivity contribution in [2.45, 2.75) is 31.3 Å². The Morgan fingerprint density at radius 3 is 2.89 bits per heavy atom. The molecule has 1 unspecified atom stereocenters. The van der Waals surface area contributed by atoms with Gasteiger partial charge in [0.05, 0.1) is 18.1 Å². The molecule has 0 spiro atoms. The predicted molar refractivity (Wildman–Crippen MR) is 68.4 cm³/mol. The monoisotopic (exact) mass is 270 g/mol. The van der Waals surface area contributed by atoms with Gasteiger partial charge < -0.3 is 20.1 Å². The van der Waals surface area contributed by atoms with Crippen LogP contribution in [0.15, 0.2) is 0 Å². The third-order valence-electron chi connectivity index (χ3n) is 4.03. The molecule has 1 heterocycles. The summed E-state index contributed by atoms with van der Waals surface area (Å²) in [6.45, 7) is 1.77. The van der Waals surface area contributed by atoms with Crippen LogP contribution in [0, 0.1) is 5.92 Å². The van der Waals surface area contributed by atoms with Crippen molar-refractivity contribution >= 4 is 11.8 Å². The average Bonchev–Trinajstić information content (AvgIpc) is 2.72. The summed E-state index contributed by atoms with van der Waals surface area (Å²) in [5.41, 5.74) is -0.714. The number of nitrogens with zero attached hydrogens (tertiary/aromatic N) is 1. The minimum Gasteiger partial charge on any atom is -0.388 e. The number of likely N-dealkylation sites (tertiary alicyclic amines) is 1. The fourth-order valence-electron chi connectivity index (χ4n) is 2.52. The molecule has 0 bridgehead atoms. The van der Waals surface area contributed by atoms with E-state index in [-0.39, 0.29) is 24.2 Å². The lowest BCUT2D eigenvalue weighted by atomic mass is 9.80. The van der Waals surface area contributed by atoms with E-state index < -0.39 is 5.60 Å². The molecule has 2 amide bonds. The van der Waals surface area contributed by atoms with E-state index in [1.807, 2.05) is 0 Å². The number of hydrogen-bond donors (Lipinski definition) is 2. The molecule has 6 nitrogen and oxygen atoms in total. The first-order valence-corrected chi connectivity index (χ1v) is 6.81. The van der Waals surface area contributed by atoms with E-state index in [0.29, 0.717) is 26.2 Å². The van der Waals surface area contributed by atoms with Gasteiger partial charge in [-0.05, 0) is 19.3 Å². The van der Waals surface area contributed by atoms with Crippen LogP contribution in [0.3, 0.4) is 0 Å². The van der Waals surface area contributed by atoms with Crippen molar-refractivity contribution in [3.05, 3.63) is 0 Å². The van der Waals surface area contributed by atoms with Gasteiger partial charge in [-0.2, -0.15) is 0 Å². The molecule has 1 saturated heterocycles. The summed E-state index contributed by atoms with van der Waals surface area (Å²) in [4.78, 5) is 25.3. The molecule has 0 aromatic heterocycles. The number of carbonyl (C=O) groups is 2. The Balaban J connectivity index is 1.75. The maximum atomic E-state index is 12.0. The molecule has 2 aliphatic rings. The topological polar surface area (TPSA) is 78.9 Å². The van der Waals surface area contributed by atoms with Gasteiger partial charge in [0.15, 0.2) is 0 Å². The summed E-state index contributed by atoms with van der Waals surface area (Å²) in [5.74, 6) is -0.429. The van der Waals surface area contributed by atoms with E-state index in [2.05, 4.69) is 5.32 Å². The Hall–Kier alpha value is -1.14. The zero-order chi connectivity index (χ0) is 13.9. The quantitative estimate of drug-likeness (QED) is 0.683. The minimum absolute atomic E-state index is 0.000411. The predicted octanol–water partition coefficient (Wildman–Crippen LogP) is -0.487. The van der Waals surface area contributed by atoms with Crippen LogP contribution in [0.1, 0.15) is 25.7 Å².